The lowest BCUT2D eigenvalue weighted by Gasteiger charge is -2.24. The van der Waals surface area contributed by atoms with Gasteiger partial charge >= 0.3 is 5.97 Å². The molecule has 0 bridgehead atoms. The highest BCUT2D eigenvalue weighted by Gasteiger charge is 2.24. The molecule has 0 radical (unpaired) electrons. The third kappa shape index (κ3) is 45.2. The maximum atomic E-state index is 13.2. The maximum absolute atomic E-state index is 13.2. The zero-order valence-corrected chi connectivity index (χ0v) is 41.6. The summed E-state index contributed by atoms with van der Waals surface area (Å²) >= 11 is 0. The molecule has 61 heavy (non-hydrogen) atoms. The van der Waals surface area contributed by atoms with Gasteiger partial charge in [-0.05, 0) is 25.7 Å². The summed E-state index contributed by atoms with van der Waals surface area (Å²) in [6.45, 7) is 6.51. The molecule has 3 N–H and O–H groups in total. The number of hydrogen-bond donors (Lipinski definition) is 3. The van der Waals surface area contributed by atoms with Crippen molar-refractivity contribution in [3.05, 3.63) is 0 Å². The van der Waals surface area contributed by atoms with E-state index >= 15 is 0 Å². The number of ether oxygens (including phenoxy) is 1. The second-order valence-corrected chi connectivity index (χ2v) is 19.4. The van der Waals surface area contributed by atoms with Crippen molar-refractivity contribution in [3.8, 4) is 0 Å². The Labute approximate surface area is 381 Å². The molecular weight excluding hydrogens is 755 g/mol. The Morgan fingerprint density at radius 3 is 1.00 bits per heavy atom. The first kappa shape index (κ1) is 59.9. The van der Waals surface area contributed by atoms with Crippen molar-refractivity contribution in [2.75, 3.05) is 6.61 Å². The Kier molecular flexibility index (Phi) is 48.9. The standard InChI is InChI=1S/C55H109NO5/c1-4-7-10-13-16-19-21-23-25-27-29-31-33-36-38-41-44-47-53(58)52(50-57)56-54(59)49-51(61-55(60)48-45-42-39-34-18-15-12-9-6-3)46-43-40-37-35-32-30-28-26-24-22-20-17-14-11-8-5-2/h51-53,57-58H,4-50H2,1-3H3,(H,56,59). The summed E-state index contributed by atoms with van der Waals surface area (Å²) in [7, 11) is 0. The fourth-order valence-corrected chi connectivity index (χ4v) is 8.96. The first-order chi connectivity index (χ1) is 30.0. The molecule has 0 aliphatic carbocycles. The minimum absolute atomic E-state index is 0.0879. The van der Waals surface area contributed by atoms with E-state index in [4.69, 9.17) is 4.74 Å². The van der Waals surface area contributed by atoms with Crippen LogP contribution in [-0.2, 0) is 14.3 Å². The molecule has 0 spiro atoms. The van der Waals surface area contributed by atoms with Crippen LogP contribution in [0.5, 0.6) is 0 Å². The van der Waals surface area contributed by atoms with Gasteiger partial charge in [-0.3, -0.25) is 9.59 Å². The maximum Gasteiger partial charge on any atom is 0.306 e. The lowest BCUT2D eigenvalue weighted by molar-refractivity contribution is -0.151. The molecule has 0 fully saturated rings. The number of amides is 1. The Morgan fingerprint density at radius 2 is 0.689 bits per heavy atom. The fraction of sp³-hybridized carbons (Fsp3) is 0.964. The summed E-state index contributed by atoms with van der Waals surface area (Å²) in [5.41, 5.74) is 0. The van der Waals surface area contributed by atoms with Gasteiger partial charge in [0.25, 0.3) is 0 Å². The van der Waals surface area contributed by atoms with Gasteiger partial charge in [0, 0.05) is 6.42 Å². The second-order valence-electron chi connectivity index (χ2n) is 19.4. The summed E-state index contributed by atoms with van der Waals surface area (Å²) in [4.78, 5) is 26.1. The molecular formula is C55H109NO5. The smallest absolute Gasteiger partial charge is 0.306 e. The van der Waals surface area contributed by atoms with Crippen molar-refractivity contribution < 1.29 is 24.5 Å². The van der Waals surface area contributed by atoms with E-state index in [0.29, 0.717) is 19.3 Å². The molecule has 0 saturated carbocycles. The van der Waals surface area contributed by atoms with E-state index in [-0.39, 0.29) is 24.9 Å². The number of aliphatic hydroxyl groups excluding tert-OH is 2. The lowest BCUT2D eigenvalue weighted by Crippen LogP contribution is -2.46. The Morgan fingerprint density at radius 1 is 0.410 bits per heavy atom. The number of nitrogens with one attached hydrogen (secondary N) is 1. The predicted molar refractivity (Wildman–Crippen MR) is 264 cm³/mol. The molecule has 0 rings (SSSR count). The minimum atomic E-state index is -0.779. The number of esters is 1. The average Bonchev–Trinajstić information content (AvgIpc) is 3.25. The zero-order chi connectivity index (χ0) is 44.5. The number of carbonyl (C=O) groups excluding carboxylic acids is 2. The van der Waals surface area contributed by atoms with Crippen molar-refractivity contribution in [1.82, 2.24) is 5.32 Å². The van der Waals surface area contributed by atoms with Crippen molar-refractivity contribution in [3.63, 3.8) is 0 Å². The van der Waals surface area contributed by atoms with Crippen LogP contribution in [0.1, 0.15) is 316 Å². The second kappa shape index (κ2) is 49.9. The molecule has 6 nitrogen and oxygen atoms in total. The molecule has 1 amide bonds. The van der Waals surface area contributed by atoms with E-state index in [1.165, 1.54) is 225 Å². The van der Waals surface area contributed by atoms with Crippen LogP contribution in [0.25, 0.3) is 0 Å². The number of aliphatic hydroxyl groups is 2. The molecule has 0 aliphatic heterocycles. The van der Waals surface area contributed by atoms with Crippen LogP contribution in [0.3, 0.4) is 0 Å². The van der Waals surface area contributed by atoms with Gasteiger partial charge in [0.15, 0.2) is 0 Å². The van der Waals surface area contributed by atoms with Gasteiger partial charge < -0.3 is 20.3 Å². The van der Waals surface area contributed by atoms with Gasteiger partial charge in [0.2, 0.25) is 5.91 Å². The predicted octanol–water partition coefficient (Wildman–Crippen LogP) is 16.7. The summed E-state index contributed by atoms with van der Waals surface area (Å²) in [6.07, 6.45) is 54.6. The average molecular weight is 864 g/mol. The molecule has 0 aromatic rings. The van der Waals surface area contributed by atoms with E-state index in [1.54, 1.807) is 0 Å². The molecule has 0 saturated heterocycles. The SMILES string of the molecule is CCCCCCCCCCCCCCCCCCCC(O)C(CO)NC(=O)CC(CCCCCCCCCCCCCCCCCC)OC(=O)CCCCCCCCCCC. The van der Waals surface area contributed by atoms with Gasteiger partial charge in [0.1, 0.15) is 6.10 Å². The Hall–Kier alpha value is -1.14. The molecule has 364 valence electrons. The molecule has 0 heterocycles. The van der Waals surface area contributed by atoms with Crippen molar-refractivity contribution in [1.29, 1.82) is 0 Å². The van der Waals surface area contributed by atoms with Crippen LogP contribution in [0.4, 0.5) is 0 Å². The third-order valence-corrected chi connectivity index (χ3v) is 13.2. The molecule has 0 aromatic carbocycles. The number of hydrogen-bond acceptors (Lipinski definition) is 5. The van der Waals surface area contributed by atoms with Crippen LogP contribution >= 0.6 is 0 Å². The highest BCUT2D eigenvalue weighted by molar-refractivity contribution is 5.77. The Bertz CT molecular complexity index is 882. The molecule has 6 heteroatoms. The fourth-order valence-electron chi connectivity index (χ4n) is 8.96. The lowest BCUT2D eigenvalue weighted by atomic mass is 10.0. The van der Waals surface area contributed by atoms with Crippen LogP contribution in [0, 0.1) is 0 Å². The van der Waals surface area contributed by atoms with E-state index < -0.39 is 18.2 Å². The van der Waals surface area contributed by atoms with Crippen molar-refractivity contribution >= 4 is 11.9 Å². The molecule has 3 unspecified atom stereocenters. The number of rotatable bonds is 51. The summed E-state index contributed by atoms with van der Waals surface area (Å²) < 4.78 is 5.93. The topological polar surface area (TPSA) is 95.9 Å². The van der Waals surface area contributed by atoms with Gasteiger partial charge in [0.05, 0.1) is 25.2 Å². The normalized spacial score (nSPS) is 13.1. The summed E-state index contributed by atoms with van der Waals surface area (Å²) in [5, 5.41) is 23.8. The van der Waals surface area contributed by atoms with Crippen LogP contribution in [-0.4, -0.2) is 46.9 Å². The highest BCUT2D eigenvalue weighted by Crippen LogP contribution is 2.19. The monoisotopic (exact) mass is 864 g/mol. The van der Waals surface area contributed by atoms with Gasteiger partial charge in [-0.1, -0.05) is 278 Å². The number of carbonyl (C=O) groups is 2. The van der Waals surface area contributed by atoms with E-state index in [1.807, 2.05) is 0 Å². The first-order valence-electron chi connectivity index (χ1n) is 27.8. The van der Waals surface area contributed by atoms with E-state index in [9.17, 15) is 19.8 Å². The van der Waals surface area contributed by atoms with E-state index in [2.05, 4.69) is 26.1 Å². The largest absolute Gasteiger partial charge is 0.462 e. The quantitative estimate of drug-likeness (QED) is 0.0418. The highest BCUT2D eigenvalue weighted by atomic mass is 16.5. The summed E-state index contributed by atoms with van der Waals surface area (Å²) in [6, 6.07) is -0.692. The molecule has 0 aromatic heterocycles. The minimum Gasteiger partial charge on any atom is -0.462 e. The van der Waals surface area contributed by atoms with E-state index in [0.717, 1.165) is 44.9 Å². The van der Waals surface area contributed by atoms with Crippen molar-refractivity contribution in [2.24, 2.45) is 0 Å². The van der Waals surface area contributed by atoms with Gasteiger partial charge in [-0.2, -0.15) is 0 Å². The Balaban J connectivity index is 4.41. The molecule has 0 aliphatic rings. The third-order valence-electron chi connectivity index (χ3n) is 13.2. The molecule has 3 atom stereocenters. The van der Waals surface area contributed by atoms with Crippen molar-refractivity contribution in [2.45, 2.75) is 334 Å². The van der Waals surface area contributed by atoms with Crippen LogP contribution in [0.2, 0.25) is 0 Å². The zero-order valence-electron chi connectivity index (χ0n) is 41.6. The van der Waals surface area contributed by atoms with Crippen LogP contribution < -0.4 is 5.32 Å². The van der Waals surface area contributed by atoms with Crippen LogP contribution in [0.15, 0.2) is 0 Å². The van der Waals surface area contributed by atoms with Gasteiger partial charge in [-0.25, -0.2) is 0 Å². The van der Waals surface area contributed by atoms with Gasteiger partial charge in [-0.15, -0.1) is 0 Å². The summed E-state index contributed by atoms with van der Waals surface area (Å²) in [5.74, 6) is -0.451. The number of unbranched alkanes of at least 4 members (excludes halogenated alkanes) is 39. The first-order valence-corrected chi connectivity index (χ1v) is 27.8.